The largest absolute Gasteiger partial charge is 0.382 e. The molecule has 0 aromatic heterocycles. The maximum atomic E-state index is 6.15. The Hall–Kier alpha value is -1.46. The van der Waals surface area contributed by atoms with Gasteiger partial charge < -0.3 is 10.1 Å². The molecule has 1 aliphatic carbocycles. The Morgan fingerprint density at radius 3 is 2.90 bits per heavy atom. The van der Waals surface area contributed by atoms with Gasteiger partial charge >= 0.3 is 0 Å². The van der Waals surface area contributed by atoms with Crippen LogP contribution in [-0.2, 0) is 4.74 Å². The molecule has 20 heavy (non-hydrogen) atoms. The van der Waals surface area contributed by atoms with Crippen molar-refractivity contribution in [2.45, 2.75) is 56.6 Å². The lowest BCUT2D eigenvalue weighted by Gasteiger charge is -2.44. The second kappa shape index (κ2) is 5.89. The third-order valence-corrected chi connectivity index (χ3v) is 4.66. The number of rotatable bonds is 2. The fraction of sp³-hybridized carbons (Fsp3) is 0.556. The Balaban J connectivity index is 1.66. The van der Waals surface area contributed by atoms with Gasteiger partial charge in [-0.1, -0.05) is 31.2 Å². The number of anilines is 1. The van der Waals surface area contributed by atoms with Crippen molar-refractivity contribution in [2.24, 2.45) is 0 Å². The predicted octanol–water partition coefficient (Wildman–Crippen LogP) is 3.96. The molecule has 0 bridgehead atoms. The lowest BCUT2D eigenvalue weighted by Crippen LogP contribution is -2.45. The summed E-state index contributed by atoms with van der Waals surface area (Å²) in [6.45, 7) is 0.881. The average molecular weight is 269 g/mol. The number of nitrogens with one attached hydrogen (secondary N) is 1. The number of terminal acetylenes is 1. The van der Waals surface area contributed by atoms with Gasteiger partial charge in [-0.05, 0) is 43.9 Å². The van der Waals surface area contributed by atoms with Crippen LogP contribution in [0.2, 0.25) is 0 Å². The molecule has 1 N–H and O–H groups in total. The van der Waals surface area contributed by atoms with Crippen molar-refractivity contribution in [3.05, 3.63) is 29.8 Å². The summed E-state index contributed by atoms with van der Waals surface area (Å²) in [5.74, 6) is 2.70. The highest BCUT2D eigenvalue weighted by molar-refractivity contribution is 5.50. The lowest BCUT2D eigenvalue weighted by atomic mass is 9.78. The Bertz CT molecular complexity index is 491. The molecular weight excluding hydrogens is 246 g/mol. The van der Waals surface area contributed by atoms with E-state index in [-0.39, 0.29) is 5.60 Å². The molecule has 1 spiro atoms. The summed E-state index contributed by atoms with van der Waals surface area (Å²) in [5, 5.41) is 3.65. The van der Waals surface area contributed by atoms with Crippen molar-refractivity contribution in [1.29, 1.82) is 0 Å². The second-order valence-corrected chi connectivity index (χ2v) is 6.15. The highest BCUT2D eigenvalue weighted by Gasteiger charge is 2.38. The zero-order valence-corrected chi connectivity index (χ0v) is 12.0. The third kappa shape index (κ3) is 2.99. The summed E-state index contributed by atoms with van der Waals surface area (Å²) in [6, 6.07) is 8.66. The molecule has 2 aliphatic rings. The molecule has 2 fully saturated rings. The topological polar surface area (TPSA) is 21.3 Å². The summed E-state index contributed by atoms with van der Waals surface area (Å²) >= 11 is 0. The van der Waals surface area contributed by atoms with Crippen LogP contribution < -0.4 is 5.32 Å². The van der Waals surface area contributed by atoms with Gasteiger partial charge in [0.25, 0.3) is 0 Å². The van der Waals surface area contributed by atoms with Gasteiger partial charge in [0.15, 0.2) is 0 Å². The molecule has 1 heterocycles. The van der Waals surface area contributed by atoms with Gasteiger partial charge in [0.2, 0.25) is 0 Å². The Kier molecular flexibility index (Phi) is 3.98. The van der Waals surface area contributed by atoms with Crippen molar-refractivity contribution in [3.63, 3.8) is 0 Å². The van der Waals surface area contributed by atoms with Gasteiger partial charge in [0, 0.05) is 23.9 Å². The number of hydrogen-bond acceptors (Lipinski definition) is 2. The van der Waals surface area contributed by atoms with Gasteiger partial charge in [-0.25, -0.2) is 0 Å². The first-order valence-electron chi connectivity index (χ1n) is 7.77. The van der Waals surface area contributed by atoms with Gasteiger partial charge in [0.05, 0.1) is 5.60 Å². The van der Waals surface area contributed by atoms with Crippen molar-refractivity contribution < 1.29 is 4.74 Å². The average Bonchev–Trinajstić information content (AvgIpc) is 2.48. The molecular formula is C18H23NO. The number of benzene rings is 1. The molecule has 3 rings (SSSR count). The molecule has 1 aromatic carbocycles. The zero-order chi connectivity index (χ0) is 13.8. The van der Waals surface area contributed by atoms with Crippen LogP contribution in [0.4, 0.5) is 5.69 Å². The quantitative estimate of drug-likeness (QED) is 0.820. The van der Waals surface area contributed by atoms with Crippen LogP contribution in [0.3, 0.4) is 0 Å². The van der Waals surface area contributed by atoms with Gasteiger partial charge in [-0.3, -0.25) is 0 Å². The minimum absolute atomic E-state index is 0.151. The zero-order valence-electron chi connectivity index (χ0n) is 12.0. The first kappa shape index (κ1) is 13.5. The molecule has 2 heteroatoms. The first-order valence-corrected chi connectivity index (χ1v) is 7.77. The fourth-order valence-corrected chi connectivity index (χ4v) is 3.63. The van der Waals surface area contributed by atoms with E-state index in [2.05, 4.69) is 23.4 Å². The second-order valence-electron chi connectivity index (χ2n) is 6.15. The smallest absolute Gasteiger partial charge is 0.0702 e. The molecule has 1 atom stereocenters. The maximum Gasteiger partial charge on any atom is 0.0702 e. The molecule has 1 saturated carbocycles. The van der Waals surface area contributed by atoms with Crippen molar-refractivity contribution >= 4 is 5.69 Å². The molecule has 106 valence electrons. The van der Waals surface area contributed by atoms with Crippen LogP contribution >= 0.6 is 0 Å². The summed E-state index contributed by atoms with van der Waals surface area (Å²) in [6.07, 6.45) is 14.2. The lowest BCUT2D eigenvalue weighted by molar-refractivity contribution is -0.103. The van der Waals surface area contributed by atoms with Crippen LogP contribution in [0.1, 0.15) is 50.5 Å². The van der Waals surface area contributed by atoms with E-state index in [4.69, 9.17) is 11.2 Å². The fourth-order valence-electron chi connectivity index (χ4n) is 3.63. The molecule has 1 aliphatic heterocycles. The Morgan fingerprint density at radius 1 is 1.25 bits per heavy atom. The molecule has 0 amide bonds. The predicted molar refractivity (Wildman–Crippen MR) is 82.8 cm³/mol. The van der Waals surface area contributed by atoms with Crippen LogP contribution in [0.15, 0.2) is 24.3 Å². The molecule has 0 radical (unpaired) electrons. The summed E-state index contributed by atoms with van der Waals surface area (Å²) in [4.78, 5) is 0. The van der Waals surface area contributed by atoms with E-state index in [0.29, 0.717) is 6.04 Å². The van der Waals surface area contributed by atoms with Gasteiger partial charge in [-0.15, -0.1) is 6.42 Å². The minimum Gasteiger partial charge on any atom is -0.382 e. The van der Waals surface area contributed by atoms with Crippen molar-refractivity contribution in [2.75, 3.05) is 11.9 Å². The summed E-state index contributed by atoms with van der Waals surface area (Å²) in [5.41, 5.74) is 2.23. The van der Waals surface area contributed by atoms with Crippen LogP contribution in [0.25, 0.3) is 0 Å². The number of ether oxygens (including phenoxy) is 1. The standard InChI is InChI=1S/C18H23NO/c1-2-15-7-6-8-16(13-15)19-17-9-12-20-18(14-17)10-4-3-5-11-18/h1,6-8,13,17,19H,3-5,9-12,14H2. The molecule has 1 saturated heterocycles. The first-order chi connectivity index (χ1) is 9.80. The SMILES string of the molecule is C#Cc1cccc(NC2CCOC3(CCCCC3)C2)c1. The Labute approximate surface area is 121 Å². The van der Waals surface area contributed by atoms with E-state index in [9.17, 15) is 0 Å². The third-order valence-electron chi connectivity index (χ3n) is 4.66. The van der Waals surface area contributed by atoms with Gasteiger partial charge in [-0.2, -0.15) is 0 Å². The van der Waals surface area contributed by atoms with Crippen LogP contribution in [0.5, 0.6) is 0 Å². The van der Waals surface area contributed by atoms with E-state index < -0.39 is 0 Å². The molecule has 2 nitrogen and oxygen atoms in total. The monoisotopic (exact) mass is 269 g/mol. The van der Waals surface area contributed by atoms with Crippen molar-refractivity contribution in [1.82, 2.24) is 0 Å². The van der Waals surface area contributed by atoms with E-state index in [1.165, 1.54) is 32.1 Å². The molecule has 1 aromatic rings. The molecule has 1 unspecified atom stereocenters. The van der Waals surface area contributed by atoms with Gasteiger partial charge in [0.1, 0.15) is 0 Å². The minimum atomic E-state index is 0.151. The van der Waals surface area contributed by atoms with E-state index >= 15 is 0 Å². The van der Waals surface area contributed by atoms with E-state index in [1.54, 1.807) is 0 Å². The maximum absolute atomic E-state index is 6.15. The van der Waals surface area contributed by atoms with E-state index in [1.807, 2.05) is 12.1 Å². The van der Waals surface area contributed by atoms with E-state index in [0.717, 1.165) is 30.7 Å². The Morgan fingerprint density at radius 2 is 2.10 bits per heavy atom. The summed E-state index contributed by atoms with van der Waals surface area (Å²) in [7, 11) is 0. The van der Waals surface area contributed by atoms with Crippen LogP contribution in [-0.4, -0.2) is 18.2 Å². The van der Waals surface area contributed by atoms with Crippen LogP contribution in [0, 0.1) is 12.3 Å². The summed E-state index contributed by atoms with van der Waals surface area (Å²) < 4.78 is 6.15. The number of hydrogen-bond donors (Lipinski definition) is 1. The highest BCUT2D eigenvalue weighted by Crippen LogP contribution is 2.39. The highest BCUT2D eigenvalue weighted by atomic mass is 16.5. The van der Waals surface area contributed by atoms with Crippen molar-refractivity contribution in [3.8, 4) is 12.3 Å². The normalized spacial score (nSPS) is 25.1.